The lowest BCUT2D eigenvalue weighted by molar-refractivity contribution is -0.127. The highest BCUT2D eigenvalue weighted by Gasteiger charge is 2.21. The average molecular weight is 420 g/mol. The Kier molecular flexibility index (Phi) is 6.37. The molecule has 2 aromatic heterocycles. The van der Waals surface area contributed by atoms with Crippen LogP contribution in [-0.4, -0.2) is 53.5 Å². The van der Waals surface area contributed by atoms with E-state index in [9.17, 15) is 4.79 Å². The van der Waals surface area contributed by atoms with Crippen LogP contribution in [0.15, 0.2) is 53.3 Å². The third-order valence-corrected chi connectivity index (χ3v) is 5.73. The molecule has 0 spiro atoms. The topological polar surface area (TPSA) is 58.8 Å². The van der Waals surface area contributed by atoms with E-state index >= 15 is 0 Å². The number of carbonyl (C=O) groups is 1. The second-order valence-corrected chi connectivity index (χ2v) is 7.95. The molecule has 1 amide bonds. The molecule has 0 radical (unpaired) electrons. The van der Waals surface area contributed by atoms with Gasteiger partial charge in [-0.3, -0.25) is 14.7 Å². The molecule has 31 heavy (non-hydrogen) atoms. The molecular weight excluding hydrogens is 390 g/mol. The summed E-state index contributed by atoms with van der Waals surface area (Å²) in [4.78, 5) is 21.6. The maximum atomic E-state index is 13.0. The number of pyridine rings is 1. The lowest BCUT2D eigenvalue weighted by atomic mass is 10.0. The number of amides is 1. The number of hydrogen-bond donors (Lipinski definition) is 0. The van der Waals surface area contributed by atoms with Crippen LogP contribution in [0.2, 0.25) is 0 Å². The number of rotatable bonds is 6. The van der Waals surface area contributed by atoms with Gasteiger partial charge in [0.2, 0.25) is 5.91 Å². The zero-order valence-corrected chi connectivity index (χ0v) is 18.4. The Morgan fingerprint density at radius 1 is 1.23 bits per heavy atom. The van der Waals surface area contributed by atoms with Crippen LogP contribution >= 0.6 is 0 Å². The Labute approximate surface area is 183 Å². The van der Waals surface area contributed by atoms with Crippen LogP contribution in [0.1, 0.15) is 30.7 Å². The number of piperazine rings is 1. The van der Waals surface area contributed by atoms with Crippen molar-refractivity contribution in [2.45, 2.75) is 27.3 Å². The monoisotopic (exact) mass is 419 g/mol. The van der Waals surface area contributed by atoms with E-state index in [2.05, 4.69) is 16.0 Å². The van der Waals surface area contributed by atoms with E-state index in [1.165, 1.54) is 0 Å². The number of fused-ring (bicyclic) bond motifs is 1. The second-order valence-electron chi connectivity index (χ2n) is 7.95. The van der Waals surface area contributed by atoms with Gasteiger partial charge in [-0.2, -0.15) is 0 Å². The van der Waals surface area contributed by atoms with Crippen LogP contribution in [0.25, 0.3) is 16.5 Å². The van der Waals surface area contributed by atoms with Crippen molar-refractivity contribution in [1.82, 2.24) is 14.8 Å². The molecule has 1 saturated heterocycles. The first kappa shape index (κ1) is 21.1. The minimum Gasteiger partial charge on any atom is -0.493 e. The van der Waals surface area contributed by atoms with E-state index in [0.29, 0.717) is 19.7 Å². The number of nitrogens with zero attached hydrogens (tertiary/aromatic N) is 3. The number of allylic oxidation sites excluding steroid dienone is 1. The van der Waals surface area contributed by atoms with Gasteiger partial charge < -0.3 is 14.1 Å². The lowest BCUT2D eigenvalue weighted by Gasteiger charge is -2.34. The van der Waals surface area contributed by atoms with Crippen LogP contribution in [0.5, 0.6) is 5.75 Å². The zero-order valence-electron chi connectivity index (χ0n) is 18.4. The Morgan fingerprint density at radius 2 is 2.03 bits per heavy atom. The molecule has 4 rings (SSSR count). The molecule has 0 atom stereocenters. The number of benzene rings is 1. The largest absolute Gasteiger partial charge is 0.493 e. The summed E-state index contributed by atoms with van der Waals surface area (Å²) >= 11 is 0. The number of ether oxygens (including phenoxy) is 1. The molecule has 1 aliphatic rings. The molecule has 1 aliphatic heterocycles. The zero-order chi connectivity index (χ0) is 21.8. The van der Waals surface area contributed by atoms with E-state index < -0.39 is 0 Å². The highest BCUT2D eigenvalue weighted by Crippen LogP contribution is 2.33. The Bertz CT molecular complexity index is 1080. The van der Waals surface area contributed by atoms with Gasteiger partial charge in [0.05, 0.1) is 18.6 Å². The molecular formula is C25H29N3O3. The fourth-order valence-corrected chi connectivity index (χ4v) is 3.97. The second kappa shape index (κ2) is 9.35. The third-order valence-electron chi connectivity index (χ3n) is 5.73. The Hall–Kier alpha value is -3.12. The third kappa shape index (κ3) is 4.80. The van der Waals surface area contributed by atoms with Crippen LogP contribution in [0, 0.1) is 6.92 Å². The van der Waals surface area contributed by atoms with Crippen molar-refractivity contribution in [2.24, 2.45) is 0 Å². The summed E-state index contributed by atoms with van der Waals surface area (Å²) in [7, 11) is 0. The van der Waals surface area contributed by atoms with Crippen molar-refractivity contribution < 1.29 is 13.9 Å². The quantitative estimate of drug-likeness (QED) is 0.558. The van der Waals surface area contributed by atoms with E-state index in [4.69, 9.17) is 9.15 Å². The first-order valence-electron chi connectivity index (χ1n) is 10.8. The van der Waals surface area contributed by atoms with Crippen molar-refractivity contribution in [3.05, 3.63) is 65.7 Å². The molecule has 6 heteroatoms. The van der Waals surface area contributed by atoms with E-state index in [1.807, 2.05) is 56.1 Å². The molecule has 162 valence electrons. The van der Waals surface area contributed by atoms with Gasteiger partial charge in [-0.25, -0.2) is 0 Å². The number of hydrogen-bond acceptors (Lipinski definition) is 5. The predicted molar refractivity (Wildman–Crippen MR) is 122 cm³/mol. The van der Waals surface area contributed by atoms with Gasteiger partial charge in [-0.05, 0) is 50.1 Å². The highest BCUT2D eigenvalue weighted by atomic mass is 16.5. The van der Waals surface area contributed by atoms with Gasteiger partial charge in [0, 0.05) is 62.0 Å². The van der Waals surface area contributed by atoms with Gasteiger partial charge >= 0.3 is 0 Å². The van der Waals surface area contributed by atoms with Crippen LogP contribution in [-0.2, 0) is 11.3 Å². The minimum atomic E-state index is 0.0430. The molecule has 1 fully saturated rings. The van der Waals surface area contributed by atoms with E-state index in [1.54, 1.807) is 12.3 Å². The van der Waals surface area contributed by atoms with Gasteiger partial charge in [-0.15, -0.1) is 0 Å². The fraction of sp³-hybridized carbons (Fsp3) is 0.360. The van der Waals surface area contributed by atoms with E-state index in [0.717, 1.165) is 58.7 Å². The van der Waals surface area contributed by atoms with Gasteiger partial charge in [0.25, 0.3) is 0 Å². The van der Waals surface area contributed by atoms with Crippen molar-refractivity contribution in [2.75, 3.05) is 32.8 Å². The van der Waals surface area contributed by atoms with Crippen molar-refractivity contribution in [3.8, 4) is 5.75 Å². The molecule has 1 aromatic carbocycles. The SMILES string of the molecule is CCOc1cc2occ(C)c2cc1/C(C)=C/C(=O)N1CCN(Cc2ccccn2)CC1. The van der Waals surface area contributed by atoms with Crippen molar-refractivity contribution in [1.29, 1.82) is 0 Å². The summed E-state index contributed by atoms with van der Waals surface area (Å²) < 4.78 is 11.5. The standard InChI is InChI=1S/C25H29N3O3/c1-4-30-23-15-24-22(19(3)17-31-24)14-21(23)18(2)13-25(29)28-11-9-27(10-12-28)16-20-7-5-6-8-26-20/h5-8,13-15,17H,4,9-12,16H2,1-3H3/b18-13+. The number of aryl methyl sites for hydroxylation is 1. The van der Waals surface area contributed by atoms with Gasteiger partial charge in [0.15, 0.2) is 0 Å². The van der Waals surface area contributed by atoms with Gasteiger partial charge in [-0.1, -0.05) is 6.07 Å². The molecule has 0 aliphatic carbocycles. The molecule has 0 unspecified atom stereocenters. The summed E-state index contributed by atoms with van der Waals surface area (Å²) in [6, 6.07) is 9.95. The molecule has 0 bridgehead atoms. The van der Waals surface area contributed by atoms with Gasteiger partial charge in [0.1, 0.15) is 11.3 Å². The van der Waals surface area contributed by atoms with Crippen LogP contribution in [0.4, 0.5) is 0 Å². The maximum Gasteiger partial charge on any atom is 0.246 e. The average Bonchev–Trinajstić information content (AvgIpc) is 3.14. The minimum absolute atomic E-state index is 0.0430. The molecule has 0 N–H and O–H groups in total. The fourth-order valence-electron chi connectivity index (χ4n) is 3.97. The summed E-state index contributed by atoms with van der Waals surface area (Å²) in [5, 5.41) is 1.04. The lowest BCUT2D eigenvalue weighted by Crippen LogP contribution is -2.47. The molecule has 3 aromatic rings. The van der Waals surface area contributed by atoms with Crippen LogP contribution in [0.3, 0.4) is 0 Å². The first-order valence-corrected chi connectivity index (χ1v) is 10.8. The maximum absolute atomic E-state index is 13.0. The predicted octanol–water partition coefficient (Wildman–Crippen LogP) is 4.28. The number of furan rings is 1. The summed E-state index contributed by atoms with van der Waals surface area (Å²) in [6.45, 7) is 10.4. The number of aromatic nitrogens is 1. The Morgan fingerprint density at radius 3 is 2.74 bits per heavy atom. The summed E-state index contributed by atoms with van der Waals surface area (Å²) in [5.41, 5.74) is 4.76. The Balaban J connectivity index is 1.45. The number of carbonyl (C=O) groups excluding carboxylic acids is 1. The van der Waals surface area contributed by atoms with Crippen LogP contribution < -0.4 is 4.74 Å². The van der Waals surface area contributed by atoms with Crippen molar-refractivity contribution >= 4 is 22.4 Å². The molecule has 0 saturated carbocycles. The van der Waals surface area contributed by atoms with Crippen molar-refractivity contribution in [3.63, 3.8) is 0 Å². The highest BCUT2D eigenvalue weighted by molar-refractivity contribution is 5.97. The molecule has 3 heterocycles. The summed E-state index contributed by atoms with van der Waals surface area (Å²) in [5.74, 6) is 0.785. The molecule has 6 nitrogen and oxygen atoms in total. The first-order chi connectivity index (χ1) is 15.0. The normalized spacial score (nSPS) is 15.5. The summed E-state index contributed by atoms with van der Waals surface area (Å²) in [6.07, 6.45) is 5.30. The smallest absolute Gasteiger partial charge is 0.246 e. The van der Waals surface area contributed by atoms with E-state index in [-0.39, 0.29) is 5.91 Å².